The lowest BCUT2D eigenvalue weighted by atomic mass is 10.2. The Morgan fingerprint density at radius 1 is 1.33 bits per heavy atom. The van der Waals surface area contributed by atoms with E-state index < -0.39 is 5.82 Å². The van der Waals surface area contributed by atoms with Gasteiger partial charge in [0.15, 0.2) is 11.6 Å². The van der Waals surface area contributed by atoms with Crippen molar-refractivity contribution in [3.8, 4) is 11.6 Å². The second kappa shape index (κ2) is 5.29. The fourth-order valence-electron chi connectivity index (χ4n) is 1.33. The highest BCUT2D eigenvalue weighted by molar-refractivity contribution is 7.80. The van der Waals surface area contributed by atoms with Crippen molar-refractivity contribution in [1.29, 1.82) is 0 Å². The molecule has 2 aromatic rings. The number of nitrogens with two attached hydrogens (primary N) is 1. The van der Waals surface area contributed by atoms with E-state index >= 15 is 0 Å². The fourth-order valence-corrected chi connectivity index (χ4v) is 1.65. The minimum atomic E-state index is -0.654. The first-order chi connectivity index (χ1) is 8.59. The summed E-state index contributed by atoms with van der Waals surface area (Å²) in [6.07, 6.45) is 1.50. The fraction of sp³-hybridized carbons (Fsp3) is 0. The van der Waals surface area contributed by atoms with Gasteiger partial charge in [-0.05, 0) is 24.3 Å². The van der Waals surface area contributed by atoms with Crippen molar-refractivity contribution in [2.45, 2.75) is 0 Å². The Labute approximate surface area is 113 Å². The average Bonchev–Trinajstić information content (AvgIpc) is 2.35. The van der Waals surface area contributed by atoms with Crippen molar-refractivity contribution >= 4 is 28.8 Å². The lowest BCUT2D eigenvalue weighted by Crippen LogP contribution is -2.11. The molecule has 0 atom stereocenters. The number of ether oxygens (including phenoxy) is 1. The third-order valence-electron chi connectivity index (χ3n) is 2.16. The van der Waals surface area contributed by atoms with Gasteiger partial charge in [0.25, 0.3) is 0 Å². The molecule has 18 heavy (non-hydrogen) atoms. The van der Waals surface area contributed by atoms with Crippen LogP contribution in [0, 0.1) is 5.82 Å². The molecule has 0 bridgehead atoms. The second-order valence-electron chi connectivity index (χ2n) is 3.37. The van der Waals surface area contributed by atoms with E-state index in [-0.39, 0.29) is 21.6 Å². The summed E-state index contributed by atoms with van der Waals surface area (Å²) < 4.78 is 19.0. The maximum absolute atomic E-state index is 13.7. The molecular weight excluding hydrogens is 275 g/mol. The Hall–Kier alpha value is -1.72. The number of benzene rings is 1. The molecule has 1 aromatic carbocycles. The molecule has 0 amide bonds. The molecule has 0 aliphatic heterocycles. The van der Waals surface area contributed by atoms with E-state index in [4.69, 9.17) is 34.3 Å². The van der Waals surface area contributed by atoms with E-state index in [1.165, 1.54) is 18.3 Å². The normalized spacial score (nSPS) is 10.1. The molecule has 1 aromatic heterocycles. The van der Waals surface area contributed by atoms with Gasteiger partial charge < -0.3 is 10.5 Å². The van der Waals surface area contributed by atoms with Gasteiger partial charge in [-0.1, -0.05) is 29.9 Å². The SMILES string of the molecule is NC(=S)c1cccnc1Oc1cccc(Cl)c1F. The van der Waals surface area contributed by atoms with Crippen molar-refractivity contribution in [2.24, 2.45) is 5.73 Å². The Kier molecular flexibility index (Phi) is 3.74. The highest BCUT2D eigenvalue weighted by Crippen LogP contribution is 2.29. The molecule has 1 heterocycles. The van der Waals surface area contributed by atoms with Crippen molar-refractivity contribution < 1.29 is 9.13 Å². The zero-order valence-corrected chi connectivity index (χ0v) is 10.6. The number of rotatable bonds is 3. The van der Waals surface area contributed by atoms with E-state index in [2.05, 4.69) is 4.98 Å². The van der Waals surface area contributed by atoms with E-state index in [1.807, 2.05) is 0 Å². The molecule has 0 saturated carbocycles. The molecule has 0 fully saturated rings. The van der Waals surface area contributed by atoms with E-state index in [0.717, 1.165) is 0 Å². The molecule has 92 valence electrons. The number of hydrogen-bond donors (Lipinski definition) is 1. The van der Waals surface area contributed by atoms with Crippen LogP contribution < -0.4 is 10.5 Å². The minimum Gasteiger partial charge on any atom is -0.435 e. The van der Waals surface area contributed by atoms with Crippen LogP contribution in [0.1, 0.15) is 5.56 Å². The van der Waals surface area contributed by atoms with E-state index in [0.29, 0.717) is 5.56 Å². The smallest absolute Gasteiger partial charge is 0.229 e. The van der Waals surface area contributed by atoms with Gasteiger partial charge in [0.2, 0.25) is 5.88 Å². The number of pyridine rings is 1. The lowest BCUT2D eigenvalue weighted by Gasteiger charge is -2.09. The number of aromatic nitrogens is 1. The van der Waals surface area contributed by atoms with Crippen LogP contribution >= 0.6 is 23.8 Å². The summed E-state index contributed by atoms with van der Waals surface area (Å²) in [5.41, 5.74) is 5.96. The van der Waals surface area contributed by atoms with Gasteiger partial charge in [0, 0.05) is 6.20 Å². The van der Waals surface area contributed by atoms with Crippen LogP contribution in [0.15, 0.2) is 36.5 Å². The quantitative estimate of drug-likeness (QED) is 0.878. The summed E-state index contributed by atoms with van der Waals surface area (Å²) in [4.78, 5) is 4.09. The molecule has 6 heteroatoms. The number of nitrogens with zero attached hydrogens (tertiary/aromatic N) is 1. The Morgan fingerprint density at radius 3 is 2.83 bits per heavy atom. The van der Waals surface area contributed by atoms with Crippen molar-refractivity contribution in [3.63, 3.8) is 0 Å². The summed E-state index contributed by atoms with van der Waals surface area (Å²) in [6.45, 7) is 0. The molecule has 0 radical (unpaired) electrons. The zero-order chi connectivity index (χ0) is 13.1. The first-order valence-electron chi connectivity index (χ1n) is 4.96. The standard InChI is InChI=1S/C12H8ClFN2OS/c13-8-4-1-5-9(10(8)14)17-12-7(11(15)18)3-2-6-16-12/h1-6H,(H2,15,18). The molecule has 2 rings (SSSR count). The number of halogens is 2. The molecule has 0 saturated heterocycles. The highest BCUT2D eigenvalue weighted by atomic mass is 35.5. The molecule has 0 aliphatic rings. The van der Waals surface area contributed by atoms with Gasteiger partial charge in [0.1, 0.15) is 4.99 Å². The summed E-state index contributed by atoms with van der Waals surface area (Å²) in [5.74, 6) is -0.538. The van der Waals surface area contributed by atoms with Crippen molar-refractivity contribution in [3.05, 3.63) is 52.9 Å². The van der Waals surface area contributed by atoms with E-state index in [9.17, 15) is 4.39 Å². The third-order valence-corrected chi connectivity index (χ3v) is 2.67. The van der Waals surface area contributed by atoms with Gasteiger partial charge in [-0.25, -0.2) is 9.37 Å². The average molecular weight is 283 g/mol. The van der Waals surface area contributed by atoms with Crippen molar-refractivity contribution in [2.75, 3.05) is 0 Å². The van der Waals surface area contributed by atoms with Crippen molar-refractivity contribution in [1.82, 2.24) is 4.98 Å². The van der Waals surface area contributed by atoms with Crippen LogP contribution in [-0.4, -0.2) is 9.97 Å². The van der Waals surface area contributed by atoms with Crippen LogP contribution in [0.3, 0.4) is 0 Å². The topological polar surface area (TPSA) is 48.1 Å². The van der Waals surface area contributed by atoms with Gasteiger partial charge in [-0.3, -0.25) is 0 Å². The Balaban J connectivity index is 2.40. The molecule has 0 spiro atoms. The van der Waals surface area contributed by atoms with Crippen LogP contribution in [0.4, 0.5) is 4.39 Å². The first kappa shape index (κ1) is 12.7. The predicted octanol–water partition coefficient (Wildman–Crippen LogP) is 3.30. The molecule has 2 N–H and O–H groups in total. The van der Waals surface area contributed by atoms with Crippen LogP contribution in [-0.2, 0) is 0 Å². The van der Waals surface area contributed by atoms with E-state index in [1.54, 1.807) is 18.2 Å². The number of thiocarbonyl (C=S) groups is 1. The Bertz CT molecular complexity index is 606. The second-order valence-corrected chi connectivity index (χ2v) is 4.22. The summed E-state index contributed by atoms with van der Waals surface area (Å²) >= 11 is 10.5. The van der Waals surface area contributed by atoms with Crippen LogP contribution in [0.2, 0.25) is 5.02 Å². The third kappa shape index (κ3) is 2.57. The maximum Gasteiger partial charge on any atom is 0.229 e. The molecule has 3 nitrogen and oxygen atoms in total. The first-order valence-corrected chi connectivity index (χ1v) is 5.75. The zero-order valence-electron chi connectivity index (χ0n) is 9.06. The van der Waals surface area contributed by atoms with Crippen LogP contribution in [0.5, 0.6) is 11.6 Å². The summed E-state index contributed by atoms with van der Waals surface area (Å²) in [5, 5.41) is -0.0275. The molecule has 0 unspecified atom stereocenters. The molecule has 0 aliphatic carbocycles. The van der Waals surface area contributed by atoms with Gasteiger partial charge in [0.05, 0.1) is 10.6 Å². The lowest BCUT2D eigenvalue weighted by molar-refractivity contribution is 0.427. The molecular formula is C12H8ClFN2OS. The Morgan fingerprint density at radius 2 is 2.11 bits per heavy atom. The summed E-state index contributed by atoms with van der Waals surface area (Å²) in [7, 11) is 0. The number of hydrogen-bond acceptors (Lipinski definition) is 3. The van der Waals surface area contributed by atoms with Gasteiger partial charge >= 0.3 is 0 Å². The van der Waals surface area contributed by atoms with Gasteiger partial charge in [-0.2, -0.15) is 0 Å². The minimum absolute atomic E-state index is 0.0275. The predicted molar refractivity (Wildman–Crippen MR) is 71.6 cm³/mol. The van der Waals surface area contributed by atoms with Crippen LogP contribution in [0.25, 0.3) is 0 Å². The van der Waals surface area contributed by atoms with Gasteiger partial charge in [-0.15, -0.1) is 0 Å². The monoisotopic (exact) mass is 282 g/mol. The highest BCUT2D eigenvalue weighted by Gasteiger charge is 2.12. The largest absolute Gasteiger partial charge is 0.435 e. The summed E-state index contributed by atoms with van der Waals surface area (Å²) in [6, 6.07) is 7.75. The maximum atomic E-state index is 13.7.